The highest BCUT2D eigenvalue weighted by atomic mass is 16.5. The van der Waals surface area contributed by atoms with Crippen LogP contribution >= 0.6 is 0 Å². The third-order valence-corrected chi connectivity index (χ3v) is 5.09. The van der Waals surface area contributed by atoms with E-state index in [0.29, 0.717) is 23.5 Å². The Hall–Kier alpha value is -3.74. The number of nitrogens with one attached hydrogen (secondary N) is 2. The number of carbonyl (C=O) groups excluding carboxylic acids is 2. The number of amides is 2. The van der Waals surface area contributed by atoms with E-state index in [9.17, 15) is 9.59 Å². The van der Waals surface area contributed by atoms with Gasteiger partial charge in [-0.05, 0) is 56.2 Å². The summed E-state index contributed by atoms with van der Waals surface area (Å²) in [5, 5.41) is 0. The molecule has 7 nitrogen and oxygen atoms in total. The first-order chi connectivity index (χ1) is 14.9. The lowest BCUT2D eigenvalue weighted by atomic mass is 10.1. The van der Waals surface area contributed by atoms with Gasteiger partial charge in [0.25, 0.3) is 5.91 Å². The van der Waals surface area contributed by atoms with E-state index < -0.39 is 0 Å². The molecular formula is C24H27N3O4. The number of hydrogen-bond acceptors (Lipinski definition) is 4. The van der Waals surface area contributed by atoms with E-state index >= 15 is 0 Å². The minimum Gasteiger partial charge on any atom is -0.493 e. The van der Waals surface area contributed by atoms with Crippen molar-refractivity contribution >= 4 is 11.8 Å². The van der Waals surface area contributed by atoms with E-state index in [4.69, 9.17) is 9.47 Å². The average Bonchev–Trinajstić information content (AvgIpc) is 3.10. The van der Waals surface area contributed by atoms with E-state index in [1.54, 1.807) is 20.3 Å². The van der Waals surface area contributed by atoms with E-state index in [0.717, 1.165) is 22.6 Å². The van der Waals surface area contributed by atoms with Crippen LogP contribution in [0.25, 0.3) is 5.69 Å². The number of aryl methyl sites for hydroxylation is 2. The van der Waals surface area contributed by atoms with Crippen molar-refractivity contribution in [2.75, 3.05) is 14.2 Å². The van der Waals surface area contributed by atoms with E-state index in [1.807, 2.05) is 66.9 Å². The number of ether oxygens (including phenoxy) is 2. The molecule has 2 amide bonds. The molecule has 7 heteroatoms. The Morgan fingerprint density at radius 1 is 0.903 bits per heavy atom. The Morgan fingerprint density at radius 2 is 1.61 bits per heavy atom. The van der Waals surface area contributed by atoms with E-state index in [2.05, 4.69) is 10.9 Å². The van der Waals surface area contributed by atoms with Crippen molar-refractivity contribution in [1.29, 1.82) is 0 Å². The summed E-state index contributed by atoms with van der Waals surface area (Å²) < 4.78 is 12.5. The number of nitrogens with zero attached hydrogens (tertiary/aromatic N) is 1. The van der Waals surface area contributed by atoms with Gasteiger partial charge in [0.05, 0.1) is 19.8 Å². The predicted molar refractivity (Wildman–Crippen MR) is 119 cm³/mol. The van der Waals surface area contributed by atoms with Crippen LogP contribution in [0.3, 0.4) is 0 Å². The van der Waals surface area contributed by atoms with Gasteiger partial charge in [0, 0.05) is 23.5 Å². The number of rotatable bonds is 7. The maximum Gasteiger partial charge on any atom is 0.271 e. The lowest BCUT2D eigenvalue weighted by molar-refractivity contribution is -0.121. The number of methoxy groups -OCH3 is 2. The van der Waals surface area contributed by atoms with Gasteiger partial charge in [-0.3, -0.25) is 20.4 Å². The minimum absolute atomic E-state index is 0.221. The average molecular weight is 421 g/mol. The molecular weight excluding hydrogens is 394 g/mol. The molecule has 162 valence electrons. The van der Waals surface area contributed by atoms with Crippen LogP contribution in [0.4, 0.5) is 0 Å². The standard InChI is InChI=1S/C24H27N3O4/c1-16-14-20(17(2)27(16)19-8-6-5-7-9-19)24(29)26-25-23(28)13-11-18-10-12-21(30-3)22(15-18)31-4/h5-10,12,14-15H,11,13H2,1-4H3,(H,25,28)(H,26,29). The summed E-state index contributed by atoms with van der Waals surface area (Å²) in [6.07, 6.45) is 0.726. The number of benzene rings is 2. The second kappa shape index (κ2) is 9.84. The molecule has 0 radical (unpaired) electrons. The number of hydrogen-bond donors (Lipinski definition) is 2. The first-order valence-electron chi connectivity index (χ1n) is 9.99. The van der Waals surface area contributed by atoms with E-state index in [-0.39, 0.29) is 18.2 Å². The zero-order valence-corrected chi connectivity index (χ0v) is 18.2. The van der Waals surface area contributed by atoms with Gasteiger partial charge in [-0.2, -0.15) is 0 Å². The zero-order chi connectivity index (χ0) is 22.4. The highest BCUT2D eigenvalue weighted by Gasteiger charge is 2.17. The highest BCUT2D eigenvalue weighted by Crippen LogP contribution is 2.28. The Kier molecular flexibility index (Phi) is 6.97. The number of aromatic nitrogens is 1. The van der Waals surface area contributed by atoms with Crippen LogP contribution in [0.2, 0.25) is 0 Å². The SMILES string of the molecule is COc1ccc(CCC(=O)NNC(=O)c2cc(C)n(-c3ccccc3)c2C)cc1OC. The summed E-state index contributed by atoms with van der Waals surface area (Å²) in [6, 6.07) is 17.1. The van der Waals surface area contributed by atoms with Gasteiger partial charge >= 0.3 is 0 Å². The predicted octanol–water partition coefficient (Wildman–Crippen LogP) is 3.51. The molecule has 0 aliphatic carbocycles. The molecule has 1 aromatic heterocycles. The fraction of sp³-hybridized carbons (Fsp3) is 0.250. The first kappa shape index (κ1) is 22.0. The summed E-state index contributed by atoms with van der Waals surface area (Å²) >= 11 is 0. The molecule has 0 aliphatic heterocycles. The van der Waals surface area contributed by atoms with Crippen LogP contribution in [0.5, 0.6) is 11.5 Å². The Bertz CT molecular complexity index is 1070. The summed E-state index contributed by atoms with van der Waals surface area (Å²) in [7, 11) is 3.14. The summed E-state index contributed by atoms with van der Waals surface area (Å²) in [4.78, 5) is 24.8. The molecule has 0 bridgehead atoms. The molecule has 2 aromatic carbocycles. The fourth-order valence-electron chi connectivity index (χ4n) is 3.52. The van der Waals surface area contributed by atoms with Gasteiger partial charge in [-0.25, -0.2) is 0 Å². The van der Waals surface area contributed by atoms with Crippen LogP contribution in [0.1, 0.15) is 33.7 Å². The molecule has 0 aliphatic rings. The van der Waals surface area contributed by atoms with Crippen molar-refractivity contribution in [3.63, 3.8) is 0 Å². The monoisotopic (exact) mass is 421 g/mol. The largest absolute Gasteiger partial charge is 0.493 e. The van der Waals surface area contributed by atoms with Crippen molar-refractivity contribution in [1.82, 2.24) is 15.4 Å². The topological polar surface area (TPSA) is 81.6 Å². The van der Waals surface area contributed by atoms with Gasteiger partial charge in [0.15, 0.2) is 11.5 Å². The van der Waals surface area contributed by atoms with Gasteiger partial charge in [0.2, 0.25) is 5.91 Å². The molecule has 1 heterocycles. The lowest BCUT2D eigenvalue weighted by Gasteiger charge is -2.11. The van der Waals surface area contributed by atoms with Crippen LogP contribution < -0.4 is 20.3 Å². The Labute approximate surface area is 182 Å². The fourth-order valence-corrected chi connectivity index (χ4v) is 3.52. The third kappa shape index (κ3) is 5.06. The minimum atomic E-state index is -0.352. The smallest absolute Gasteiger partial charge is 0.271 e. The number of hydrazine groups is 1. The van der Waals surface area contributed by atoms with Crippen molar-refractivity contribution < 1.29 is 19.1 Å². The van der Waals surface area contributed by atoms with Gasteiger partial charge in [-0.15, -0.1) is 0 Å². The quantitative estimate of drug-likeness (QED) is 0.572. The molecule has 0 unspecified atom stereocenters. The highest BCUT2D eigenvalue weighted by molar-refractivity contribution is 5.97. The molecule has 0 saturated heterocycles. The normalized spacial score (nSPS) is 10.5. The third-order valence-electron chi connectivity index (χ3n) is 5.09. The summed E-state index contributed by atoms with van der Waals surface area (Å²) in [5.41, 5.74) is 9.18. The lowest BCUT2D eigenvalue weighted by Crippen LogP contribution is -2.41. The van der Waals surface area contributed by atoms with Gasteiger partial charge in [0.1, 0.15) is 0 Å². The number of para-hydroxylation sites is 1. The zero-order valence-electron chi connectivity index (χ0n) is 18.2. The maximum atomic E-state index is 12.6. The summed E-state index contributed by atoms with van der Waals surface area (Å²) in [6.45, 7) is 3.83. The molecule has 0 atom stereocenters. The maximum absolute atomic E-state index is 12.6. The Balaban J connectivity index is 1.58. The van der Waals surface area contributed by atoms with Crippen LogP contribution in [0.15, 0.2) is 54.6 Å². The van der Waals surface area contributed by atoms with Crippen LogP contribution in [-0.2, 0) is 11.2 Å². The molecule has 0 fully saturated rings. The molecule has 3 rings (SSSR count). The molecule has 0 spiro atoms. The van der Waals surface area contributed by atoms with Crippen LogP contribution in [0, 0.1) is 13.8 Å². The Morgan fingerprint density at radius 3 is 2.29 bits per heavy atom. The van der Waals surface area contributed by atoms with Crippen LogP contribution in [-0.4, -0.2) is 30.6 Å². The molecule has 3 aromatic rings. The molecule has 31 heavy (non-hydrogen) atoms. The summed E-state index contributed by atoms with van der Waals surface area (Å²) in [5.74, 6) is 0.619. The molecule has 2 N–H and O–H groups in total. The van der Waals surface area contributed by atoms with Crippen molar-refractivity contribution in [3.05, 3.63) is 77.1 Å². The van der Waals surface area contributed by atoms with Gasteiger partial charge in [-0.1, -0.05) is 24.3 Å². The first-order valence-corrected chi connectivity index (χ1v) is 9.99. The van der Waals surface area contributed by atoms with Crippen molar-refractivity contribution in [2.24, 2.45) is 0 Å². The van der Waals surface area contributed by atoms with Crippen molar-refractivity contribution in [2.45, 2.75) is 26.7 Å². The molecule has 0 saturated carbocycles. The number of carbonyl (C=O) groups is 2. The second-order valence-corrected chi connectivity index (χ2v) is 7.15. The second-order valence-electron chi connectivity index (χ2n) is 7.15. The van der Waals surface area contributed by atoms with Crippen molar-refractivity contribution in [3.8, 4) is 17.2 Å². The van der Waals surface area contributed by atoms with E-state index in [1.165, 1.54) is 0 Å². The van der Waals surface area contributed by atoms with Gasteiger partial charge < -0.3 is 14.0 Å².